The zero-order valence-electron chi connectivity index (χ0n) is 27.1. The van der Waals surface area contributed by atoms with Crippen LogP contribution in [0.15, 0.2) is 107 Å². The van der Waals surface area contributed by atoms with Crippen LogP contribution < -0.4 is 15.6 Å². The first-order chi connectivity index (χ1) is 24.4. The minimum atomic E-state index is -4.13. The van der Waals surface area contributed by atoms with Crippen LogP contribution in [-0.2, 0) is 26.0 Å². The number of piperazine rings is 1. The van der Waals surface area contributed by atoms with E-state index in [-0.39, 0.29) is 48.0 Å². The van der Waals surface area contributed by atoms with Crippen molar-refractivity contribution in [1.29, 1.82) is 0 Å². The highest BCUT2D eigenvalue weighted by Crippen LogP contribution is 2.25. The normalized spacial score (nSPS) is 14.3. The number of nitro benzene ring substituents is 1. The number of methoxy groups -OCH3 is 1. The van der Waals surface area contributed by atoms with Crippen LogP contribution in [0.5, 0.6) is 5.75 Å². The van der Waals surface area contributed by atoms with E-state index in [1.165, 1.54) is 16.6 Å². The summed E-state index contributed by atoms with van der Waals surface area (Å²) in [6.45, 7) is -1.09. The lowest BCUT2D eigenvalue weighted by Crippen LogP contribution is -2.54. The number of rotatable bonds is 11. The fourth-order valence-corrected chi connectivity index (χ4v) is 7.36. The van der Waals surface area contributed by atoms with E-state index in [9.17, 15) is 32.9 Å². The van der Waals surface area contributed by atoms with Gasteiger partial charge < -0.3 is 15.0 Å². The molecule has 1 N–H and O–H groups in total. The molecule has 0 aliphatic carbocycles. The molecule has 6 rings (SSSR count). The lowest BCUT2D eigenvalue weighted by Gasteiger charge is -2.33. The summed E-state index contributed by atoms with van der Waals surface area (Å²) in [5.74, 6) is -0.358. The van der Waals surface area contributed by atoms with E-state index in [0.717, 1.165) is 34.1 Å². The van der Waals surface area contributed by atoms with Crippen LogP contribution in [0.4, 0.5) is 5.69 Å². The van der Waals surface area contributed by atoms with E-state index in [4.69, 9.17) is 21.3 Å². The van der Waals surface area contributed by atoms with E-state index < -0.39 is 39.3 Å². The van der Waals surface area contributed by atoms with Crippen LogP contribution >= 0.6 is 11.6 Å². The summed E-state index contributed by atoms with van der Waals surface area (Å²) in [6, 6.07) is 24.4. The highest BCUT2D eigenvalue weighted by Gasteiger charge is 2.34. The van der Waals surface area contributed by atoms with E-state index >= 15 is 0 Å². The summed E-state index contributed by atoms with van der Waals surface area (Å²) in [5.41, 5.74) is 0.999. The molecule has 1 aliphatic rings. The molecular formula is C35H31ClN6O8S. The van der Waals surface area contributed by atoms with Gasteiger partial charge in [0.25, 0.3) is 11.2 Å². The Morgan fingerprint density at radius 3 is 2.35 bits per heavy atom. The van der Waals surface area contributed by atoms with Gasteiger partial charge in [0.05, 0.1) is 52.7 Å². The number of amides is 2. The topological polar surface area (TPSA) is 174 Å². The number of nitro groups is 1. The van der Waals surface area contributed by atoms with Crippen LogP contribution in [0.1, 0.15) is 17.4 Å². The number of nitrogens with zero attached hydrogens (tertiary/aromatic N) is 5. The van der Waals surface area contributed by atoms with Crippen molar-refractivity contribution in [2.75, 3.05) is 33.3 Å². The molecule has 1 saturated heterocycles. The molecule has 0 spiro atoms. The Balaban J connectivity index is 1.28. The molecule has 5 aromatic rings. The molecule has 1 aliphatic heterocycles. The van der Waals surface area contributed by atoms with E-state index in [2.05, 4.69) is 5.32 Å². The predicted octanol–water partition coefficient (Wildman–Crippen LogP) is 3.89. The molecule has 0 unspecified atom stereocenters. The van der Waals surface area contributed by atoms with Gasteiger partial charge in [0.2, 0.25) is 21.8 Å². The molecule has 1 aromatic heterocycles. The Morgan fingerprint density at radius 1 is 1.00 bits per heavy atom. The summed E-state index contributed by atoms with van der Waals surface area (Å²) < 4.78 is 34.1. The second-order valence-electron chi connectivity index (χ2n) is 11.7. The van der Waals surface area contributed by atoms with Gasteiger partial charge in [-0.25, -0.2) is 13.4 Å². The van der Waals surface area contributed by atoms with Crippen molar-refractivity contribution < 1.29 is 27.7 Å². The van der Waals surface area contributed by atoms with Crippen LogP contribution in [0, 0.1) is 10.1 Å². The van der Waals surface area contributed by atoms with Crippen molar-refractivity contribution in [3.63, 3.8) is 0 Å². The maximum atomic E-state index is 14.1. The van der Waals surface area contributed by atoms with Gasteiger partial charge in [0, 0.05) is 30.2 Å². The number of aromatic nitrogens is 2. The number of hydrogen-bond donors (Lipinski definition) is 1. The summed E-state index contributed by atoms with van der Waals surface area (Å²) >= 11 is 6.28. The second kappa shape index (κ2) is 14.7. The Hall–Kier alpha value is -5.64. The number of carbonyl (C=O) groups is 2. The minimum Gasteiger partial charge on any atom is -0.497 e. The molecule has 1 fully saturated rings. The van der Waals surface area contributed by atoms with Gasteiger partial charge >= 0.3 is 0 Å². The smallest absolute Gasteiger partial charge is 0.269 e. The zero-order valence-corrected chi connectivity index (χ0v) is 28.7. The van der Waals surface area contributed by atoms with Gasteiger partial charge in [-0.15, -0.1) is 0 Å². The van der Waals surface area contributed by atoms with Crippen LogP contribution in [0.2, 0.25) is 5.02 Å². The summed E-state index contributed by atoms with van der Waals surface area (Å²) in [7, 11) is -2.61. The fraction of sp³-hybridized carbons (Fsp3) is 0.200. The lowest BCUT2D eigenvalue weighted by molar-refractivity contribution is -0.384. The molecule has 2 amide bonds. The molecule has 16 heteroatoms. The van der Waals surface area contributed by atoms with Gasteiger partial charge in [-0.3, -0.25) is 29.1 Å². The molecule has 0 bridgehead atoms. The first kappa shape index (κ1) is 35.2. The molecule has 14 nitrogen and oxygen atoms in total. The first-order valence-corrected chi connectivity index (χ1v) is 17.5. The van der Waals surface area contributed by atoms with Crippen molar-refractivity contribution in [1.82, 2.24) is 24.1 Å². The number of carbonyl (C=O) groups excluding carboxylic acids is 2. The van der Waals surface area contributed by atoms with Gasteiger partial charge in [-0.2, -0.15) is 4.31 Å². The number of non-ortho nitro benzene ring substituents is 1. The molecule has 51 heavy (non-hydrogen) atoms. The van der Waals surface area contributed by atoms with Crippen molar-refractivity contribution in [3.8, 4) is 11.4 Å². The molecule has 2 heterocycles. The van der Waals surface area contributed by atoms with Crippen molar-refractivity contribution in [2.45, 2.75) is 17.4 Å². The van der Waals surface area contributed by atoms with Crippen molar-refractivity contribution >= 4 is 50.0 Å². The highest BCUT2D eigenvalue weighted by atomic mass is 35.5. The monoisotopic (exact) mass is 730 g/mol. The Bertz CT molecular complexity index is 2280. The third-order valence-electron chi connectivity index (χ3n) is 8.42. The Kier molecular flexibility index (Phi) is 10.1. The number of halogens is 1. The first-order valence-electron chi connectivity index (χ1n) is 15.7. The Labute approximate surface area is 297 Å². The van der Waals surface area contributed by atoms with E-state index in [1.54, 1.807) is 42.5 Å². The number of nitrogens with one attached hydrogen (secondary N) is 1. The SMILES string of the molecule is COc1ccc(-n2c([C@H](Cc3ccccc3)NC(=O)CN3CCN(S(=O)(=O)c4ccc([N+](=O)[O-])cc4)CC3=O)nc3cc(Cl)ccc3c2=O)cc1. The van der Waals surface area contributed by atoms with Crippen LogP contribution in [0.25, 0.3) is 16.6 Å². The third kappa shape index (κ3) is 7.60. The average molecular weight is 731 g/mol. The van der Waals surface area contributed by atoms with Gasteiger partial charge in [0.1, 0.15) is 11.6 Å². The largest absolute Gasteiger partial charge is 0.497 e. The average Bonchev–Trinajstić information content (AvgIpc) is 3.12. The van der Waals surface area contributed by atoms with E-state index in [1.807, 2.05) is 30.3 Å². The van der Waals surface area contributed by atoms with Crippen molar-refractivity contribution in [3.05, 3.63) is 134 Å². The summed E-state index contributed by atoms with van der Waals surface area (Å²) in [4.78, 5) is 57.2. The van der Waals surface area contributed by atoms with Gasteiger partial charge in [-0.1, -0.05) is 41.9 Å². The maximum absolute atomic E-state index is 14.1. The number of ether oxygens (including phenoxy) is 1. The van der Waals surface area contributed by atoms with Gasteiger partial charge in [-0.05, 0) is 66.6 Å². The van der Waals surface area contributed by atoms with E-state index in [0.29, 0.717) is 27.4 Å². The summed E-state index contributed by atoms with van der Waals surface area (Å²) in [6.07, 6.45) is 0.233. The van der Waals surface area contributed by atoms with Crippen molar-refractivity contribution in [2.24, 2.45) is 0 Å². The molecule has 0 radical (unpaired) electrons. The number of benzene rings is 4. The quantitative estimate of drug-likeness (QED) is 0.156. The number of sulfonamides is 1. The molecule has 1 atom stereocenters. The third-order valence-corrected chi connectivity index (χ3v) is 10.5. The Morgan fingerprint density at radius 2 is 1.71 bits per heavy atom. The fourth-order valence-electron chi connectivity index (χ4n) is 5.81. The predicted molar refractivity (Wildman–Crippen MR) is 188 cm³/mol. The molecular weight excluding hydrogens is 700 g/mol. The standard InChI is InChI=1S/C35H31ClN6O8S/c1-50-27-12-8-25(9-13-27)41-34(38-30-20-24(36)7-16-29(30)35(41)45)31(19-23-5-3-2-4-6-23)37-32(43)21-39-17-18-40(22-33(39)44)51(48,49)28-14-10-26(11-15-28)42(46)47/h2-16,20,31H,17-19,21-22H2,1H3,(H,37,43)/t31-/m0/s1. The zero-order chi connectivity index (χ0) is 36.3. The van der Waals surface area contributed by atoms with Crippen LogP contribution in [0.3, 0.4) is 0 Å². The van der Waals surface area contributed by atoms with Crippen LogP contribution in [-0.4, -0.2) is 77.2 Å². The number of hydrogen-bond acceptors (Lipinski definition) is 9. The summed E-state index contributed by atoms with van der Waals surface area (Å²) in [5, 5.41) is 14.6. The highest BCUT2D eigenvalue weighted by molar-refractivity contribution is 7.89. The maximum Gasteiger partial charge on any atom is 0.269 e. The second-order valence-corrected chi connectivity index (χ2v) is 14.1. The lowest BCUT2D eigenvalue weighted by atomic mass is 10.0. The minimum absolute atomic E-state index is 0.0783. The molecule has 4 aromatic carbocycles. The molecule has 262 valence electrons. The van der Waals surface area contributed by atoms with Gasteiger partial charge in [0.15, 0.2) is 0 Å². The number of fused-ring (bicyclic) bond motifs is 1. The molecule has 0 saturated carbocycles.